The second-order valence-electron chi connectivity index (χ2n) is 6.00. The number of furan rings is 1. The zero-order chi connectivity index (χ0) is 21.0. The minimum atomic E-state index is -0.891. The number of benzene rings is 1. The third-order valence-electron chi connectivity index (χ3n) is 4.07. The number of carbonyl (C=O) groups excluding carboxylic acids is 1. The highest BCUT2D eigenvalue weighted by molar-refractivity contribution is 7.98. The zero-order valence-electron chi connectivity index (χ0n) is 15.2. The van der Waals surface area contributed by atoms with E-state index in [1.54, 1.807) is 12.1 Å². The maximum absolute atomic E-state index is 13.8. The van der Waals surface area contributed by atoms with Gasteiger partial charge < -0.3 is 18.7 Å². The van der Waals surface area contributed by atoms with Crippen LogP contribution in [-0.4, -0.2) is 18.2 Å². The number of hydrogen-bond donors (Lipinski definition) is 1. The second kappa shape index (κ2) is 8.95. The fourth-order valence-electron chi connectivity index (χ4n) is 2.67. The van der Waals surface area contributed by atoms with Crippen molar-refractivity contribution in [1.29, 1.82) is 0 Å². The number of carbonyl (C=O) groups is 1. The Labute approximate surface area is 168 Å². The van der Waals surface area contributed by atoms with Gasteiger partial charge in [0.25, 0.3) is 0 Å². The number of ether oxygens (including phenoxy) is 1. The summed E-state index contributed by atoms with van der Waals surface area (Å²) in [5.41, 5.74) is -0.720. The first-order chi connectivity index (χ1) is 13.9. The molecule has 2 aromatic heterocycles. The molecular formula is C20H16F2O6S. The van der Waals surface area contributed by atoms with Gasteiger partial charge in [0, 0.05) is 17.0 Å². The Bertz CT molecular complexity index is 1060. The van der Waals surface area contributed by atoms with Gasteiger partial charge in [-0.05, 0) is 24.3 Å². The normalized spacial score (nSPS) is 12.0. The largest absolute Gasteiger partial charge is 0.502 e. The average Bonchev–Trinajstić information content (AvgIpc) is 3.22. The van der Waals surface area contributed by atoms with E-state index in [-0.39, 0.29) is 28.6 Å². The Morgan fingerprint density at radius 2 is 2.07 bits per heavy atom. The summed E-state index contributed by atoms with van der Waals surface area (Å²) in [6.45, 7) is 0. The molecule has 0 radical (unpaired) electrons. The lowest BCUT2D eigenvalue weighted by Crippen LogP contribution is -2.13. The first kappa shape index (κ1) is 20.7. The van der Waals surface area contributed by atoms with Crippen molar-refractivity contribution in [3.8, 4) is 5.75 Å². The van der Waals surface area contributed by atoms with Gasteiger partial charge in [0.2, 0.25) is 11.2 Å². The molecule has 0 amide bonds. The minimum absolute atomic E-state index is 0.0359. The molecule has 0 aliphatic heterocycles. The number of rotatable bonds is 7. The molecule has 3 aromatic rings. The van der Waals surface area contributed by atoms with E-state index in [0.29, 0.717) is 5.76 Å². The molecule has 152 valence electrons. The minimum Gasteiger partial charge on any atom is -0.502 e. The van der Waals surface area contributed by atoms with E-state index in [4.69, 9.17) is 8.83 Å². The summed E-state index contributed by atoms with van der Waals surface area (Å²) in [4.78, 5) is 24.2. The molecule has 0 aliphatic carbocycles. The molecular weight excluding hydrogens is 406 g/mol. The summed E-state index contributed by atoms with van der Waals surface area (Å²) < 4.78 is 42.5. The van der Waals surface area contributed by atoms with Crippen LogP contribution in [0.15, 0.2) is 61.2 Å². The summed E-state index contributed by atoms with van der Waals surface area (Å²) in [6, 6.07) is 7.38. The molecule has 1 N–H and O–H groups in total. The third kappa shape index (κ3) is 4.86. The van der Waals surface area contributed by atoms with E-state index in [2.05, 4.69) is 4.74 Å². The van der Waals surface area contributed by atoms with E-state index in [9.17, 15) is 23.5 Å². The van der Waals surface area contributed by atoms with Crippen molar-refractivity contribution in [2.75, 3.05) is 7.11 Å². The molecule has 0 aliphatic rings. The van der Waals surface area contributed by atoms with Crippen molar-refractivity contribution in [2.45, 2.75) is 23.0 Å². The molecule has 6 nitrogen and oxygen atoms in total. The topological polar surface area (TPSA) is 89.9 Å². The van der Waals surface area contributed by atoms with E-state index in [1.807, 2.05) is 0 Å². The van der Waals surface area contributed by atoms with Gasteiger partial charge in [0.1, 0.15) is 23.2 Å². The fourth-order valence-corrected chi connectivity index (χ4v) is 3.47. The smallest absolute Gasteiger partial charge is 0.306 e. The van der Waals surface area contributed by atoms with Crippen molar-refractivity contribution in [3.05, 3.63) is 81.8 Å². The summed E-state index contributed by atoms with van der Waals surface area (Å²) in [7, 11) is 1.21. The Morgan fingerprint density at radius 1 is 1.28 bits per heavy atom. The van der Waals surface area contributed by atoms with Crippen LogP contribution in [0.5, 0.6) is 5.75 Å². The number of hydrogen-bond acceptors (Lipinski definition) is 7. The molecule has 1 unspecified atom stereocenters. The molecule has 3 rings (SSSR count). The van der Waals surface area contributed by atoms with Crippen molar-refractivity contribution in [1.82, 2.24) is 0 Å². The molecule has 2 heterocycles. The van der Waals surface area contributed by atoms with Gasteiger partial charge >= 0.3 is 5.97 Å². The number of aromatic hydroxyl groups is 1. The maximum atomic E-state index is 13.8. The van der Waals surface area contributed by atoms with E-state index >= 15 is 0 Å². The van der Waals surface area contributed by atoms with Crippen molar-refractivity contribution >= 4 is 17.7 Å². The number of esters is 1. The molecule has 1 atom stereocenters. The third-order valence-corrected chi connectivity index (χ3v) is 5.14. The summed E-state index contributed by atoms with van der Waals surface area (Å²) in [5, 5.41) is 10.2. The van der Waals surface area contributed by atoms with Gasteiger partial charge in [-0.25, -0.2) is 8.78 Å². The van der Waals surface area contributed by atoms with Crippen molar-refractivity contribution < 1.29 is 32.3 Å². The highest BCUT2D eigenvalue weighted by Crippen LogP contribution is 2.35. The number of methoxy groups -OCH3 is 1. The van der Waals surface area contributed by atoms with Crippen LogP contribution in [0.25, 0.3) is 0 Å². The monoisotopic (exact) mass is 422 g/mol. The second-order valence-corrected chi connectivity index (χ2v) is 7.02. The SMILES string of the molecule is COC(=O)CC(c1ccco1)c1oc(CSc2ccc(F)cc2F)cc(=O)c1O. The van der Waals surface area contributed by atoms with Crippen LogP contribution in [0.2, 0.25) is 0 Å². The van der Waals surface area contributed by atoms with Gasteiger partial charge in [0.05, 0.1) is 31.5 Å². The van der Waals surface area contributed by atoms with E-state index < -0.39 is 34.7 Å². The lowest BCUT2D eigenvalue weighted by molar-refractivity contribution is -0.141. The summed E-state index contributed by atoms with van der Waals surface area (Å²) in [5.74, 6) is -3.27. The van der Waals surface area contributed by atoms with Crippen molar-refractivity contribution in [2.24, 2.45) is 0 Å². The molecule has 0 bridgehead atoms. The Balaban J connectivity index is 1.93. The molecule has 1 aromatic carbocycles. The van der Waals surface area contributed by atoms with Gasteiger partial charge in [0.15, 0.2) is 5.76 Å². The Morgan fingerprint density at radius 3 is 2.72 bits per heavy atom. The zero-order valence-corrected chi connectivity index (χ0v) is 16.0. The summed E-state index contributed by atoms with van der Waals surface area (Å²) >= 11 is 0.989. The molecule has 9 heteroatoms. The lowest BCUT2D eigenvalue weighted by atomic mass is 9.98. The predicted octanol–water partition coefficient (Wildman–Crippen LogP) is 4.20. The molecule has 0 spiro atoms. The molecule has 0 fully saturated rings. The first-order valence-electron chi connectivity index (χ1n) is 8.43. The average molecular weight is 422 g/mol. The van der Waals surface area contributed by atoms with Crippen LogP contribution in [0, 0.1) is 11.6 Å². The van der Waals surface area contributed by atoms with Crippen molar-refractivity contribution in [3.63, 3.8) is 0 Å². The maximum Gasteiger partial charge on any atom is 0.306 e. The van der Waals surface area contributed by atoms with Crippen LogP contribution in [0.3, 0.4) is 0 Å². The highest BCUT2D eigenvalue weighted by Gasteiger charge is 2.28. The van der Waals surface area contributed by atoms with E-state index in [0.717, 1.165) is 30.0 Å². The number of thioether (sulfide) groups is 1. The molecule has 29 heavy (non-hydrogen) atoms. The van der Waals surface area contributed by atoms with Crippen LogP contribution in [-0.2, 0) is 15.3 Å². The van der Waals surface area contributed by atoms with Gasteiger partial charge in [-0.15, -0.1) is 11.8 Å². The first-order valence-corrected chi connectivity index (χ1v) is 9.41. The van der Waals surface area contributed by atoms with Gasteiger partial charge in [-0.1, -0.05) is 0 Å². The highest BCUT2D eigenvalue weighted by atomic mass is 32.2. The Kier molecular flexibility index (Phi) is 6.38. The van der Waals surface area contributed by atoms with Crippen LogP contribution < -0.4 is 5.43 Å². The molecule has 0 saturated carbocycles. The van der Waals surface area contributed by atoms with Crippen LogP contribution >= 0.6 is 11.8 Å². The standard InChI is InChI=1S/C20H16F2O6S/c1-26-18(24)9-13(16-3-2-6-27-16)20-19(25)15(23)8-12(28-20)10-29-17-5-4-11(21)7-14(17)22/h2-8,13,25H,9-10H2,1H3. The molecule has 0 saturated heterocycles. The predicted molar refractivity (Wildman–Crippen MR) is 99.7 cm³/mol. The van der Waals surface area contributed by atoms with Crippen LogP contribution in [0.1, 0.15) is 29.6 Å². The summed E-state index contributed by atoms with van der Waals surface area (Å²) in [6.07, 6.45) is 1.15. The van der Waals surface area contributed by atoms with Gasteiger partial charge in [-0.3, -0.25) is 9.59 Å². The van der Waals surface area contributed by atoms with Gasteiger partial charge in [-0.2, -0.15) is 0 Å². The quantitative estimate of drug-likeness (QED) is 0.451. The Hall–Kier alpha value is -3.07. The number of halogens is 2. The lowest BCUT2D eigenvalue weighted by Gasteiger charge is -2.15. The van der Waals surface area contributed by atoms with E-state index in [1.165, 1.54) is 19.4 Å². The fraction of sp³-hybridized carbons (Fsp3) is 0.200. The van der Waals surface area contributed by atoms with Crippen LogP contribution in [0.4, 0.5) is 8.78 Å².